The van der Waals surface area contributed by atoms with E-state index in [1.807, 2.05) is 23.0 Å². The summed E-state index contributed by atoms with van der Waals surface area (Å²) < 4.78 is 5.38. The predicted molar refractivity (Wildman–Crippen MR) is 57.5 cm³/mol. The Bertz CT molecular complexity index is 285. The molecule has 0 unspecified atom stereocenters. The molecule has 0 aromatic heterocycles. The molecule has 0 bridgehead atoms. The minimum atomic E-state index is 0.378. The summed E-state index contributed by atoms with van der Waals surface area (Å²) in [4.78, 5) is 0. The molecular weight excluding hydrogens is 263 g/mol. The van der Waals surface area contributed by atoms with E-state index in [2.05, 4.69) is 31.2 Å². The Hall–Kier alpha value is -0.0900. The van der Waals surface area contributed by atoms with Crippen molar-refractivity contribution in [3.8, 4) is 0 Å². The molecule has 1 aliphatic rings. The van der Waals surface area contributed by atoms with Crippen LogP contribution in [0.1, 0.15) is 24.0 Å². The average Bonchev–Trinajstić information content (AvgIpc) is 2.44. The van der Waals surface area contributed by atoms with Gasteiger partial charge in [0.2, 0.25) is 0 Å². The Kier molecular flexibility index (Phi) is 2.37. The highest BCUT2D eigenvalue weighted by Gasteiger charge is 2.28. The first-order valence-corrected chi connectivity index (χ1v) is 5.06. The maximum atomic E-state index is 5.38. The normalized spacial score (nSPS) is 27.2. The number of hydrogen-bond donors (Lipinski definition) is 0. The smallest absolute Gasteiger partial charge is 0.110 e. The molecule has 0 saturated heterocycles. The van der Waals surface area contributed by atoms with Crippen LogP contribution in [0.25, 0.3) is 0 Å². The highest BCUT2D eigenvalue weighted by Crippen LogP contribution is 2.35. The van der Waals surface area contributed by atoms with Crippen molar-refractivity contribution < 1.29 is 3.07 Å². The molecule has 1 aliphatic carbocycles. The molecule has 0 saturated carbocycles. The number of benzene rings is 1. The Morgan fingerprint density at radius 1 is 1.42 bits per heavy atom. The van der Waals surface area contributed by atoms with E-state index in [0.29, 0.717) is 12.0 Å². The van der Waals surface area contributed by atoms with E-state index in [0.717, 1.165) is 6.42 Å². The Balaban J connectivity index is 2.35. The molecule has 0 N–H and O–H groups in total. The molecule has 0 radical (unpaired) electrons. The summed E-state index contributed by atoms with van der Waals surface area (Å²) in [6, 6.07) is 8.60. The largest absolute Gasteiger partial charge is 0.311 e. The zero-order valence-corrected chi connectivity index (χ0v) is 9.11. The summed E-state index contributed by atoms with van der Waals surface area (Å²) in [6.07, 6.45) is 1.45. The third kappa shape index (κ3) is 1.27. The average molecular weight is 274 g/mol. The van der Waals surface area contributed by atoms with Gasteiger partial charge in [-0.2, -0.15) is 0 Å². The monoisotopic (exact) mass is 274 g/mol. The number of rotatable bonds is 1. The fourth-order valence-electron chi connectivity index (χ4n) is 1.87. The molecule has 0 aliphatic heterocycles. The topological polar surface area (TPSA) is 9.23 Å². The molecule has 0 fully saturated rings. The van der Waals surface area contributed by atoms with Gasteiger partial charge in [-0.25, -0.2) is 0 Å². The van der Waals surface area contributed by atoms with Crippen LogP contribution >= 0.6 is 23.0 Å². The molecule has 0 amide bonds. The SMILES string of the molecule is C[C@H]1c2ccccc2C[C@H]1OI. The summed E-state index contributed by atoms with van der Waals surface area (Å²) in [5, 5.41) is 0. The Labute approximate surface area is 86.8 Å². The van der Waals surface area contributed by atoms with Crippen molar-refractivity contribution in [1.82, 2.24) is 0 Å². The highest BCUT2D eigenvalue weighted by molar-refractivity contribution is 14.1. The summed E-state index contributed by atoms with van der Waals surface area (Å²) in [7, 11) is 0. The minimum absolute atomic E-state index is 0.378. The lowest BCUT2D eigenvalue weighted by Crippen LogP contribution is -2.10. The lowest BCUT2D eigenvalue weighted by atomic mass is 10.0. The standard InChI is InChI=1S/C10H11IO/c1-7-9-5-3-2-4-8(9)6-10(7)12-11/h2-5,7,10H,6H2,1H3/t7-,10+/m0/s1. The predicted octanol–water partition coefficient (Wildman–Crippen LogP) is 3.08. The quantitative estimate of drug-likeness (QED) is 0.715. The van der Waals surface area contributed by atoms with E-state index in [4.69, 9.17) is 3.07 Å². The summed E-state index contributed by atoms with van der Waals surface area (Å²) in [6.45, 7) is 2.23. The molecular formula is C10H11IO. The van der Waals surface area contributed by atoms with Crippen LogP contribution in [-0.2, 0) is 9.49 Å². The van der Waals surface area contributed by atoms with Crippen LogP contribution in [-0.4, -0.2) is 6.10 Å². The number of hydrogen-bond acceptors (Lipinski definition) is 1. The molecule has 1 aromatic carbocycles. The first-order chi connectivity index (χ1) is 5.83. The second-order valence-corrected chi connectivity index (χ2v) is 3.83. The van der Waals surface area contributed by atoms with E-state index in [-0.39, 0.29) is 0 Å². The third-order valence-corrected chi connectivity index (χ3v) is 3.29. The zero-order valence-electron chi connectivity index (χ0n) is 6.96. The van der Waals surface area contributed by atoms with Crippen molar-refractivity contribution in [3.63, 3.8) is 0 Å². The van der Waals surface area contributed by atoms with Gasteiger partial charge >= 0.3 is 0 Å². The van der Waals surface area contributed by atoms with Crippen LogP contribution in [0.5, 0.6) is 0 Å². The van der Waals surface area contributed by atoms with Crippen molar-refractivity contribution >= 4 is 23.0 Å². The summed E-state index contributed by atoms with van der Waals surface area (Å²) in [5.41, 5.74) is 2.91. The fourth-order valence-corrected chi connectivity index (χ4v) is 2.49. The molecule has 1 aromatic rings. The zero-order chi connectivity index (χ0) is 8.55. The second kappa shape index (κ2) is 3.34. The van der Waals surface area contributed by atoms with Gasteiger partial charge in [-0.05, 0) is 11.1 Å². The minimum Gasteiger partial charge on any atom is -0.311 e. The Morgan fingerprint density at radius 2 is 2.17 bits per heavy atom. The van der Waals surface area contributed by atoms with Gasteiger partial charge < -0.3 is 3.07 Å². The van der Waals surface area contributed by atoms with Gasteiger partial charge in [-0.15, -0.1) is 0 Å². The van der Waals surface area contributed by atoms with Crippen molar-refractivity contribution in [2.75, 3.05) is 0 Å². The van der Waals surface area contributed by atoms with Crippen LogP contribution in [0.15, 0.2) is 24.3 Å². The third-order valence-electron chi connectivity index (χ3n) is 2.64. The van der Waals surface area contributed by atoms with E-state index in [9.17, 15) is 0 Å². The van der Waals surface area contributed by atoms with Crippen LogP contribution in [0.2, 0.25) is 0 Å². The van der Waals surface area contributed by atoms with E-state index >= 15 is 0 Å². The molecule has 64 valence electrons. The van der Waals surface area contributed by atoms with Gasteiger partial charge in [0.05, 0.1) is 6.10 Å². The highest BCUT2D eigenvalue weighted by atomic mass is 127. The van der Waals surface area contributed by atoms with Crippen LogP contribution < -0.4 is 0 Å². The first kappa shape index (κ1) is 8.51. The van der Waals surface area contributed by atoms with Gasteiger partial charge in [-0.3, -0.25) is 0 Å². The van der Waals surface area contributed by atoms with Crippen molar-refractivity contribution in [2.24, 2.45) is 0 Å². The molecule has 0 heterocycles. The van der Waals surface area contributed by atoms with Crippen molar-refractivity contribution in [2.45, 2.75) is 25.4 Å². The first-order valence-electron chi connectivity index (χ1n) is 4.18. The van der Waals surface area contributed by atoms with Crippen LogP contribution in [0.4, 0.5) is 0 Å². The van der Waals surface area contributed by atoms with Crippen molar-refractivity contribution in [1.29, 1.82) is 0 Å². The molecule has 2 rings (SSSR count). The van der Waals surface area contributed by atoms with Gasteiger partial charge in [0, 0.05) is 12.3 Å². The van der Waals surface area contributed by atoms with Gasteiger partial charge in [0.1, 0.15) is 23.0 Å². The molecule has 2 heteroatoms. The van der Waals surface area contributed by atoms with Crippen LogP contribution in [0, 0.1) is 0 Å². The molecule has 0 spiro atoms. The van der Waals surface area contributed by atoms with E-state index in [1.54, 1.807) is 0 Å². The Morgan fingerprint density at radius 3 is 2.83 bits per heavy atom. The van der Waals surface area contributed by atoms with Crippen LogP contribution in [0.3, 0.4) is 0 Å². The number of halogens is 1. The molecule has 1 nitrogen and oxygen atoms in total. The lowest BCUT2D eigenvalue weighted by molar-refractivity contribution is 0.265. The summed E-state index contributed by atoms with van der Waals surface area (Å²) >= 11 is 2.00. The van der Waals surface area contributed by atoms with E-state index in [1.165, 1.54) is 11.1 Å². The lowest BCUT2D eigenvalue weighted by Gasteiger charge is -2.11. The fraction of sp³-hybridized carbons (Fsp3) is 0.400. The van der Waals surface area contributed by atoms with Gasteiger partial charge in [0.15, 0.2) is 0 Å². The van der Waals surface area contributed by atoms with Gasteiger partial charge in [0.25, 0.3) is 0 Å². The maximum absolute atomic E-state index is 5.38. The molecule has 2 atom stereocenters. The van der Waals surface area contributed by atoms with Crippen molar-refractivity contribution in [3.05, 3.63) is 35.4 Å². The molecule has 12 heavy (non-hydrogen) atoms. The summed E-state index contributed by atoms with van der Waals surface area (Å²) in [5.74, 6) is 0.554. The van der Waals surface area contributed by atoms with Gasteiger partial charge in [-0.1, -0.05) is 31.2 Å². The maximum Gasteiger partial charge on any atom is 0.110 e. The number of fused-ring (bicyclic) bond motifs is 1. The second-order valence-electron chi connectivity index (χ2n) is 3.32. The van der Waals surface area contributed by atoms with E-state index < -0.39 is 0 Å².